The average Bonchev–Trinajstić information content (AvgIpc) is 2.88. The predicted octanol–water partition coefficient (Wildman–Crippen LogP) is 3.77. The van der Waals surface area contributed by atoms with Crippen LogP contribution in [-0.4, -0.2) is 24.1 Å². The third-order valence-electron chi connectivity index (χ3n) is 3.35. The molecule has 0 saturated heterocycles. The molecule has 0 radical (unpaired) electrons. The standard InChI is InChI=1S/C16H16BrNO4S/c1-9-5-3-4-6-10(9)11(7-14(19)20)18-16(21)13-8-12(22-2)15(17)23-13/h3-6,8,11H,7H2,1-2H3,(H,18,21)(H,19,20). The van der Waals surface area contributed by atoms with Crippen LogP contribution in [0.2, 0.25) is 0 Å². The molecule has 1 aromatic heterocycles. The molecule has 5 nitrogen and oxygen atoms in total. The van der Waals surface area contributed by atoms with Gasteiger partial charge in [0.1, 0.15) is 9.54 Å². The number of thiophene rings is 1. The fraction of sp³-hybridized carbons (Fsp3) is 0.250. The van der Waals surface area contributed by atoms with Gasteiger partial charge < -0.3 is 15.2 Å². The van der Waals surface area contributed by atoms with Crippen LogP contribution in [0.1, 0.15) is 33.3 Å². The van der Waals surface area contributed by atoms with E-state index in [-0.39, 0.29) is 12.3 Å². The van der Waals surface area contributed by atoms with Gasteiger partial charge in [-0.3, -0.25) is 9.59 Å². The molecule has 2 N–H and O–H groups in total. The zero-order valence-electron chi connectivity index (χ0n) is 12.6. The molecule has 0 aliphatic rings. The Labute approximate surface area is 146 Å². The van der Waals surface area contributed by atoms with E-state index in [2.05, 4.69) is 21.2 Å². The summed E-state index contributed by atoms with van der Waals surface area (Å²) >= 11 is 4.57. The second kappa shape index (κ2) is 7.61. The van der Waals surface area contributed by atoms with E-state index in [1.54, 1.807) is 6.07 Å². The summed E-state index contributed by atoms with van der Waals surface area (Å²) in [5.74, 6) is -0.720. The summed E-state index contributed by atoms with van der Waals surface area (Å²) in [6.45, 7) is 1.89. The van der Waals surface area contributed by atoms with Crippen molar-refractivity contribution in [3.8, 4) is 5.75 Å². The first kappa shape index (κ1) is 17.5. The summed E-state index contributed by atoms with van der Waals surface area (Å²) in [6.07, 6.45) is -0.180. The molecular formula is C16H16BrNO4S. The largest absolute Gasteiger partial charge is 0.495 e. The molecule has 0 fully saturated rings. The zero-order valence-corrected chi connectivity index (χ0v) is 15.0. The molecule has 1 aromatic carbocycles. The van der Waals surface area contributed by atoms with Crippen LogP contribution in [0.15, 0.2) is 34.1 Å². The van der Waals surface area contributed by atoms with Gasteiger partial charge in [0.25, 0.3) is 5.91 Å². The highest BCUT2D eigenvalue weighted by atomic mass is 79.9. The number of ether oxygens (including phenoxy) is 1. The topological polar surface area (TPSA) is 75.6 Å². The van der Waals surface area contributed by atoms with E-state index >= 15 is 0 Å². The second-order valence-electron chi connectivity index (χ2n) is 4.93. The number of carbonyl (C=O) groups is 2. The smallest absolute Gasteiger partial charge is 0.305 e. The molecule has 0 bridgehead atoms. The lowest BCUT2D eigenvalue weighted by molar-refractivity contribution is -0.137. The Balaban J connectivity index is 2.25. The molecule has 7 heteroatoms. The first-order valence-electron chi connectivity index (χ1n) is 6.84. The SMILES string of the molecule is COc1cc(C(=O)NC(CC(=O)O)c2ccccc2C)sc1Br. The van der Waals surface area contributed by atoms with Crippen LogP contribution >= 0.6 is 27.3 Å². The normalized spacial score (nSPS) is 11.8. The Bertz CT molecular complexity index is 729. The molecule has 23 heavy (non-hydrogen) atoms. The van der Waals surface area contributed by atoms with E-state index in [1.807, 2.05) is 31.2 Å². The van der Waals surface area contributed by atoms with Crippen LogP contribution in [-0.2, 0) is 4.79 Å². The summed E-state index contributed by atoms with van der Waals surface area (Å²) < 4.78 is 5.86. The number of aliphatic carboxylic acids is 1. The van der Waals surface area contributed by atoms with Gasteiger partial charge in [0.05, 0.1) is 24.4 Å². The Hall–Kier alpha value is -1.86. The van der Waals surface area contributed by atoms with Gasteiger partial charge in [0, 0.05) is 6.07 Å². The lowest BCUT2D eigenvalue weighted by Gasteiger charge is -2.19. The molecule has 1 amide bonds. The van der Waals surface area contributed by atoms with E-state index in [4.69, 9.17) is 9.84 Å². The Morgan fingerprint density at radius 2 is 2.09 bits per heavy atom. The van der Waals surface area contributed by atoms with Crippen molar-refractivity contribution in [3.05, 3.63) is 50.1 Å². The maximum Gasteiger partial charge on any atom is 0.305 e. The average molecular weight is 398 g/mol. The van der Waals surface area contributed by atoms with Crippen LogP contribution in [0.4, 0.5) is 0 Å². The second-order valence-corrected chi connectivity index (χ2v) is 7.30. The van der Waals surface area contributed by atoms with E-state index < -0.39 is 12.0 Å². The summed E-state index contributed by atoms with van der Waals surface area (Å²) in [5.41, 5.74) is 1.73. The third-order valence-corrected chi connectivity index (χ3v) is 5.13. The van der Waals surface area contributed by atoms with Gasteiger partial charge >= 0.3 is 5.97 Å². The fourth-order valence-corrected chi connectivity index (χ4v) is 3.78. The van der Waals surface area contributed by atoms with Gasteiger partial charge in [-0.2, -0.15) is 0 Å². The highest BCUT2D eigenvalue weighted by molar-refractivity contribution is 9.11. The quantitative estimate of drug-likeness (QED) is 0.777. The van der Waals surface area contributed by atoms with Gasteiger partial charge in [-0.25, -0.2) is 0 Å². The lowest BCUT2D eigenvalue weighted by Crippen LogP contribution is -2.30. The molecule has 122 valence electrons. The molecule has 0 aliphatic heterocycles. The monoisotopic (exact) mass is 397 g/mol. The lowest BCUT2D eigenvalue weighted by atomic mass is 9.98. The minimum Gasteiger partial charge on any atom is -0.495 e. The maximum absolute atomic E-state index is 12.4. The van der Waals surface area contributed by atoms with Crippen molar-refractivity contribution in [2.45, 2.75) is 19.4 Å². The Kier molecular flexibility index (Phi) is 5.79. The van der Waals surface area contributed by atoms with Crippen molar-refractivity contribution in [1.82, 2.24) is 5.32 Å². The van der Waals surface area contributed by atoms with Crippen molar-refractivity contribution < 1.29 is 19.4 Å². The van der Waals surface area contributed by atoms with Crippen molar-refractivity contribution in [1.29, 1.82) is 0 Å². The van der Waals surface area contributed by atoms with E-state index in [9.17, 15) is 9.59 Å². The number of aryl methyl sites for hydroxylation is 1. The van der Waals surface area contributed by atoms with Crippen LogP contribution in [0.5, 0.6) is 5.75 Å². The number of hydrogen-bond donors (Lipinski definition) is 2. The number of carboxylic acid groups (broad SMARTS) is 1. The third kappa shape index (κ3) is 4.33. The first-order valence-corrected chi connectivity index (χ1v) is 8.44. The fourth-order valence-electron chi connectivity index (χ4n) is 2.22. The van der Waals surface area contributed by atoms with Gasteiger partial charge in [-0.15, -0.1) is 11.3 Å². The van der Waals surface area contributed by atoms with Gasteiger partial charge in [0.2, 0.25) is 0 Å². The molecule has 0 saturated carbocycles. The summed E-state index contributed by atoms with van der Waals surface area (Å²) in [5, 5.41) is 11.9. The number of carboxylic acids is 1. The predicted molar refractivity (Wildman–Crippen MR) is 92.2 cm³/mol. The van der Waals surface area contributed by atoms with Gasteiger partial charge in [0.15, 0.2) is 0 Å². The molecule has 0 aliphatic carbocycles. The summed E-state index contributed by atoms with van der Waals surface area (Å²) in [6, 6.07) is 8.45. The highest BCUT2D eigenvalue weighted by Crippen LogP contribution is 2.34. The highest BCUT2D eigenvalue weighted by Gasteiger charge is 2.22. The number of amides is 1. The number of carbonyl (C=O) groups excluding carboxylic acids is 1. The molecular weight excluding hydrogens is 382 g/mol. The summed E-state index contributed by atoms with van der Waals surface area (Å²) in [4.78, 5) is 24.0. The van der Waals surface area contributed by atoms with Crippen LogP contribution in [0.3, 0.4) is 0 Å². The Morgan fingerprint density at radius 3 is 2.65 bits per heavy atom. The van der Waals surface area contributed by atoms with E-state index in [0.29, 0.717) is 10.6 Å². The van der Waals surface area contributed by atoms with E-state index in [0.717, 1.165) is 14.9 Å². The molecule has 1 atom stereocenters. The number of hydrogen-bond acceptors (Lipinski definition) is 4. The molecule has 1 heterocycles. The van der Waals surface area contributed by atoms with Crippen LogP contribution in [0.25, 0.3) is 0 Å². The maximum atomic E-state index is 12.4. The number of methoxy groups -OCH3 is 1. The minimum absolute atomic E-state index is 0.180. The van der Waals surface area contributed by atoms with E-state index in [1.165, 1.54) is 18.4 Å². The zero-order chi connectivity index (χ0) is 17.0. The van der Waals surface area contributed by atoms with Crippen molar-refractivity contribution >= 4 is 39.1 Å². The van der Waals surface area contributed by atoms with Crippen LogP contribution in [0, 0.1) is 6.92 Å². The van der Waals surface area contributed by atoms with Gasteiger partial charge in [-0.1, -0.05) is 24.3 Å². The van der Waals surface area contributed by atoms with Crippen LogP contribution < -0.4 is 10.1 Å². The molecule has 2 rings (SSSR count). The number of rotatable bonds is 6. The molecule has 2 aromatic rings. The minimum atomic E-state index is -0.969. The Morgan fingerprint density at radius 1 is 1.39 bits per heavy atom. The van der Waals surface area contributed by atoms with Gasteiger partial charge in [-0.05, 0) is 34.0 Å². The van der Waals surface area contributed by atoms with Crippen molar-refractivity contribution in [2.75, 3.05) is 7.11 Å². The number of halogens is 1. The summed E-state index contributed by atoms with van der Waals surface area (Å²) in [7, 11) is 1.52. The van der Waals surface area contributed by atoms with Crippen molar-refractivity contribution in [3.63, 3.8) is 0 Å². The van der Waals surface area contributed by atoms with Crippen molar-refractivity contribution in [2.24, 2.45) is 0 Å². The first-order chi connectivity index (χ1) is 10.9. The molecule has 1 unspecified atom stereocenters. The molecule has 0 spiro atoms. The number of nitrogens with one attached hydrogen (secondary N) is 1. The number of benzene rings is 1.